The summed E-state index contributed by atoms with van der Waals surface area (Å²) in [7, 11) is 0. The van der Waals surface area contributed by atoms with Gasteiger partial charge < -0.3 is 5.32 Å². The molecule has 0 heterocycles. The van der Waals surface area contributed by atoms with Crippen molar-refractivity contribution in [2.45, 2.75) is 58.4 Å². The van der Waals surface area contributed by atoms with Crippen molar-refractivity contribution in [3.8, 4) is 0 Å². The third-order valence-corrected chi connectivity index (χ3v) is 3.04. The Balaban J connectivity index is 2.97. The monoisotopic (exact) mass is 297 g/mol. The van der Waals surface area contributed by atoms with Gasteiger partial charge in [0.2, 0.25) is 0 Å². The molecule has 1 unspecified atom stereocenters. The highest BCUT2D eigenvalue weighted by atomic mass is 127. The SMILES string of the molecule is CCCC(C)NCCCCCCI. The number of unbranched alkanes of at least 4 members (excludes halogenated alkanes) is 3. The Hall–Kier alpha value is 0.690. The molecule has 0 aliphatic carbocycles. The summed E-state index contributed by atoms with van der Waals surface area (Å²) in [4.78, 5) is 0. The van der Waals surface area contributed by atoms with Crippen molar-refractivity contribution in [2.75, 3.05) is 11.0 Å². The average Bonchev–Trinajstić information content (AvgIpc) is 2.11. The lowest BCUT2D eigenvalue weighted by Crippen LogP contribution is -2.26. The molecule has 0 aromatic carbocycles. The fraction of sp³-hybridized carbons (Fsp3) is 1.00. The third kappa shape index (κ3) is 10.6. The van der Waals surface area contributed by atoms with Gasteiger partial charge in [0.05, 0.1) is 0 Å². The molecule has 0 radical (unpaired) electrons. The number of hydrogen-bond acceptors (Lipinski definition) is 1. The Kier molecular flexibility index (Phi) is 11.3. The van der Waals surface area contributed by atoms with E-state index in [1.54, 1.807) is 0 Å². The molecule has 0 aliphatic rings. The Labute approximate surface area is 97.2 Å². The molecule has 13 heavy (non-hydrogen) atoms. The quantitative estimate of drug-likeness (QED) is 0.388. The highest BCUT2D eigenvalue weighted by molar-refractivity contribution is 14.1. The van der Waals surface area contributed by atoms with Crippen LogP contribution >= 0.6 is 22.6 Å². The minimum absolute atomic E-state index is 0.717. The summed E-state index contributed by atoms with van der Waals surface area (Å²) in [5, 5.41) is 3.56. The number of hydrogen-bond donors (Lipinski definition) is 1. The first-order valence-corrected chi connectivity index (χ1v) is 7.13. The molecule has 0 spiro atoms. The molecule has 0 aliphatic heterocycles. The van der Waals surface area contributed by atoms with Crippen molar-refractivity contribution < 1.29 is 0 Å². The molecule has 1 atom stereocenters. The number of rotatable bonds is 9. The van der Waals surface area contributed by atoms with Gasteiger partial charge in [-0.05, 0) is 37.2 Å². The second kappa shape index (κ2) is 10.8. The van der Waals surface area contributed by atoms with Crippen LogP contribution in [0.15, 0.2) is 0 Å². The van der Waals surface area contributed by atoms with Gasteiger partial charge in [-0.2, -0.15) is 0 Å². The smallest absolute Gasteiger partial charge is 0.00386 e. The lowest BCUT2D eigenvalue weighted by molar-refractivity contribution is 0.491. The van der Waals surface area contributed by atoms with Crippen LogP contribution < -0.4 is 5.32 Å². The lowest BCUT2D eigenvalue weighted by Gasteiger charge is -2.11. The van der Waals surface area contributed by atoms with Gasteiger partial charge in [0.1, 0.15) is 0 Å². The molecule has 1 N–H and O–H groups in total. The van der Waals surface area contributed by atoms with Crippen LogP contribution in [0.4, 0.5) is 0 Å². The Bertz CT molecular complexity index is 96.1. The van der Waals surface area contributed by atoms with Gasteiger partial charge in [0.25, 0.3) is 0 Å². The largest absolute Gasteiger partial charge is 0.314 e. The second-order valence-electron chi connectivity index (χ2n) is 3.75. The van der Waals surface area contributed by atoms with Gasteiger partial charge in [0.15, 0.2) is 0 Å². The molecule has 0 saturated carbocycles. The summed E-state index contributed by atoms with van der Waals surface area (Å²) >= 11 is 2.45. The number of halogens is 1. The Morgan fingerprint density at radius 1 is 1.15 bits per heavy atom. The zero-order valence-corrected chi connectivity index (χ0v) is 11.3. The van der Waals surface area contributed by atoms with Crippen molar-refractivity contribution in [2.24, 2.45) is 0 Å². The molecule has 0 aromatic rings. The fourth-order valence-corrected chi connectivity index (χ4v) is 2.00. The van der Waals surface area contributed by atoms with Crippen LogP contribution in [0.1, 0.15) is 52.4 Å². The van der Waals surface area contributed by atoms with E-state index in [0.717, 1.165) is 6.04 Å². The highest BCUT2D eigenvalue weighted by Gasteiger charge is 1.97. The van der Waals surface area contributed by atoms with Gasteiger partial charge in [-0.25, -0.2) is 0 Å². The lowest BCUT2D eigenvalue weighted by atomic mass is 10.1. The summed E-state index contributed by atoms with van der Waals surface area (Å²) in [5.74, 6) is 0. The van der Waals surface area contributed by atoms with Crippen molar-refractivity contribution in [3.63, 3.8) is 0 Å². The van der Waals surface area contributed by atoms with Gasteiger partial charge in [-0.1, -0.05) is 48.8 Å². The first-order valence-electron chi connectivity index (χ1n) is 5.60. The zero-order chi connectivity index (χ0) is 9.94. The van der Waals surface area contributed by atoms with E-state index in [9.17, 15) is 0 Å². The van der Waals surface area contributed by atoms with Gasteiger partial charge >= 0.3 is 0 Å². The van der Waals surface area contributed by atoms with Crippen LogP contribution in [0.5, 0.6) is 0 Å². The van der Waals surface area contributed by atoms with Crippen LogP contribution in [0.3, 0.4) is 0 Å². The molecular weight excluding hydrogens is 273 g/mol. The van der Waals surface area contributed by atoms with Gasteiger partial charge in [-0.15, -0.1) is 0 Å². The molecule has 0 saturated heterocycles. The van der Waals surface area contributed by atoms with Crippen molar-refractivity contribution in [1.82, 2.24) is 5.32 Å². The molecule has 0 rings (SSSR count). The molecule has 0 amide bonds. The molecule has 0 aromatic heterocycles. The first kappa shape index (κ1) is 13.7. The average molecular weight is 297 g/mol. The Morgan fingerprint density at radius 2 is 1.85 bits per heavy atom. The Morgan fingerprint density at radius 3 is 2.46 bits per heavy atom. The minimum atomic E-state index is 0.717. The number of nitrogens with one attached hydrogen (secondary N) is 1. The summed E-state index contributed by atoms with van der Waals surface area (Å²) in [6.45, 7) is 5.75. The predicted molar refractivity (Wildman–Crippen MR) is 69.7 cm³/mol. The van der Waals surface area contributed by atoms with Crippen LogP contribution in [0.2, 0.25) is 0 Å². The summed E-state index contributed by atoms with van der Waals surface area (Å²) in [6.07, 6.45) is 8.16. The van der Waals surface area contributed by atoms with Gasteiger partial charge in [-0.3, -0.25) is 0 Å². The molecular formula is C11H24IN. The molecule has 2 heteroatoms. The van der Waals surface area contributed by atoms with E-state index in [2.05, 4.69) is 41.8 Å². The summed E-state index contributed by atoms with van der Waals surface area (Å²) < 4.78 is 1.32. The molecule has 80 valence electrons. The van der Waals surface area contributed by atoms with Crippen LogP contribution in [-0.2, 0) is 0 Å². The maximum atomic E-state index is 3.56. The molecule has 0 fully saturated rings. The van der Waals surface area contributed by atoms with E-state index in [1.165, 1.54) is 49.5 Å². The summed E-state index contributed by atoms with van der Waals surface area (Å²) in [6, 6.07) is 0.717. The van der Waals surface area contributed by atoms with E-state index in [-0.39, 0.29) is 0 Å². The normalized spacial score (nSPS) is 13.2. The minimum Gasteiger partial charge on any atom is -0.314 e. The topological polar surface area (TPSA) is 12.0 Å². The van der Waals surface area contributed by atoms with Crippen molar-refractivity contribution >= 4 is 22.6 Å². The van der Waals surface area contributed by atoms with E-state index >= 15 is 0 Å². The second-order valence-corrected chi connectivity index (χ2v) is 4.83. The van der Waals surface area contributed by atoms with Crippen LogP contribution in [0, 0.1) is 0 Å². The molecule has 1 nitrogen and oxygen atoms in total. The number of alkyl halides is 1. The summed E-state index contributed by atoms with van der Waals surface area (Å²) in [5.41, 5.74) is 0. The predicted octanol–water partition coefficient (Wildman–Crippen LogP) is 3.76. The van der Waals surface area contributed by atoms with Crippen LogP contribution in [0.25, 0.3) is 0 Å². The standard InChI is InChI=1S/C11H24IN/c1-3-8-11(2)13-10-7-5-4-6-9-12/h11,13H,3-10H2,1-2H3. The molecule has 0 bridgehead atoms. The van der Waals surface area contributed by atoms with Crippen LogP contribution in [-0.4, -0.2) is 17.0 Å². The van der Waals surface area contributed by atoms with E-state index in [1.807, 2.05) is 0 Å². The van der Waals surface area contributed by atoms with E-state index in [0.29, 0.717) is 0 Å². The van der Waals surface area contributed by atoms with Crippen molar-refractivity contribution in [3.05, 3.63) is 0 Å². The van der Waals surface area contributed by atoms with Crippen molar-refractivity contribution in [1.29, 1.82) is 0 Å². The fourth-order valence-electron chi connectivity index (χ4n) is 1.46. The van der Waals surface area contributed by atoms with Gasteiger partial charge in [0, 0.05) is 6.04 Å². The third-order valence-electron chi connectivity index (χ3n) is 2.27. The first-order chi connectivity index (χ1) is 6.31. The maximum Gasteiger partial charge on any atom is 0.00386 e. The van der Waals surface area contributed by atoms with E-state index in [4.69, 9.17) is 0 Å². The maximum absolute atomic E-state index is 3.56. The highest BCUT2D eigenvalue weighted by Crippen LogP contribution is 2.02. The zero-order valence-electron chi connectivity index (χ0n) is 9.11. The van der Waals surface area contributed by atoms with E-state index < -0.39 is 0 Å².